The molecule has 0 aliphatic carbocycles. The van der Waals surface area contributed by atoms with Crippen molar-refractivity contribution in [3.8, 4) is 0 Å². The Morgan fingerprint density at radius 1 is 1.17 bits per heavy atom. The average molecular weight is 269 g/mol. The Morgan fingerprint density at radius 3 is 2.50 bits per heavy atom. The third-order valence-electron chi connectivity index (χ3n) is 2.93. The summed E-state index contributed by atoms with van der Waals surface area (Å²) < 4.78 is 26.4. The number of rotatable bonds is 5. The summed E-state index contributed by atoms with van der Waals surface area (Å²) in [5, 5.41) is 3.24. The van der Waals surface area contributed by atoms with Crippen LogP contribution >= 0.6 is 0 Å². The molecule has 5 nitrogen and oxygen atoms in total. The van der Waals surface area contributed by atoms with Crippen LogP contribution in [0.25, 0.3) is 0 Å². The van der Waals surface area contributed by atoms with Crippen LogP contribution in [-0.2, 0) is 10.0 Å². The van der Waals surface area contributed by atoms with Crippen LogP contribution in [0.1, 0.15) is 0 Å². The summed E-state index contributed by atoms with van der Waals surface area (Å²) in [6.45, 7) is 4.30. The Bertz CT molecular complexity index is 455. The average Bonchev–Trinajstić information content (AvgIpc) is 2.38. The molecule has 1 fully saturated rings. The number of nitrogens with zero attached hydrogens (tertiary/aromatic N) is 1. The van der Waals surface area contributed by atoms with Gasteiger partial charge in [0.2, 0.25) is 10.0 Å². The minimum Gasteiger partial charge on any atom is -0.314 e. The molecule has 1 aliphatic rings. The number of sulfonamides is 1. The Morgan fingerprint density at radius 2 is 1.83 bits per heavy atom. The molecule has 2 rings (SSSR count). The number of piperazine rings is 1. The van der Waals surface area contributed by atoms with Gasteiger partial charge in [0.15, 0.2) is 0 Å². The predicted molar refractivity (Wildman–Crippen MR) is 73.2 cm³/mol. The van der Waals surface area contributed by atoms with Crippen LogP contribution in [0, 0.1) is 0 Å². The van der Waals surface area contributed by atoms with Crippen molar-refractivity contribution < 1.29 is 8.42 Å². The second kappa shape index (κ2) is 6.17. The molecule has 0 spiro atoms. The lowest BCUT2D eigenvalue weighted by Crippen LogP contribution is -2.45. The second-order valence-electron chi connectivity index (χ2n) is 4.38. The van der Waals surface area contributed by atoms with Crippen LogP contribution in [0.2, 0.25) is 0 Å². The van der Waals surface area contributed by atoms with Gasteiger partial charge in [0.1, 0.15) is 0 Å². The van der Waals surface area contributed by atoms with E-state index in [0.717, 1.165) is 26.2 Å². The fourth-order valence-corrected chi connectivity index (χ4v) is 3.02. The van der Waals surface area contributed by atoms with Gasteiger partial charge in [-0.2, -0.15) is 0 Å². The predicted octanol–water partition coefficient (Wildman–Crippen LogP) is 0.333. The number of nitrogens with one attached hydrogen (secondary N) is 2. The van der Waals surface area contributed by atoms with E-state index in [1.165, 1.54) is 0 Å². The van der Waals surface area contributed by atoms with Crippen molar-refractivity contribution >= 4 is 15.7 Å². The monoisotopic (exact) mass is 269 g/mol. The van der Waals surface area contributed by atoms with E-state index < -0.39 is 10.0 Å². The van der Waals surface area contributed by atoms with Crippen LogP contribution < -0.4 is 10.0 Å². The van der Waals surface area contributed by atoms with Crippen molar-refractivity contribution in [2.45, 2.75) is 0 Å². The molecule has 18 heavy (non-hydrogen) atoms. The van der Waals surface area contributed by atoms with Gasteiger partial charge in [-0.25, -0.2) is 8.42 Å². The highest BCUT2D eigenvalue weighted by Gasteiger charge is 2.15. The normalized spacial score (nSPS) is 17.6. The molecule has 0 radical (unpaired) electrons. The van der Waals surface area contributed by atoms with Crippen molar-refractivity contribution in [2.75, 3.05) is 43.2 Å². The van der Waals surface area contributed by atoms with Gasteiger partial charge in [0.25, 0.3) is 0 Å². The number of para-hydroxylation sites is 1. The van der Waals surface area contributed by atoms with E-state index in [1.807, 2.05) is 18.2 Å². The number of hydrogen-bond donors (Lipinski definition) is 2. The quantitative estimate of drug-likeness (QED) is 0.809. The molecule has 1 saturated heterocycles. The topological polar surface area (TPSA) is 61.4 Å². The first-order valence-electron chi connectivity index (χ1n) is 6.14. The lowest BCUT2D eigenvalue weighted by molar-refractivity contribution is 0.254. The molecule has 1 aliphatic heterocycles. The molecule has 100 valence electrons. The van der Waals surface area contributed by atoms with E-state index in [4.69, 9.17) is 0 Å². The van der Waals surface area contributed by atoms with Gasteiger partial charge < -0.3 is 5.32 Å². The van der Waals surface area contributed by atoms with Crippen molar-refractivity contribution in [1.82, 2.24) is 10.2 Å². The Kier molecular flexibility index (Phi) is 4.57. The van der Waals surface area contributed by atoms with E-state index in [1.54, 1.807) is 12.1 Å². The van der Waals surface area contributed by atoms with E-state index in [9.17, 15) is 8.42 Å². The van der Waals surface area contributed by atoms with Crippen molar-refractivity contribution in [2.24, 2.45) is 0 Å². The first-order valence-corrected chi connectivity index (χ1v) is 7.79. The summed E-state index contributed by atoms with van der Waals surface area (Å²) in [7, 11) is -3.25. The maximum atomic E-state index is 11.9. The molecule has 0 aromatic heterocycles. The van der Waals surface area contributed by atoms with Crippen LogP contribution in [0.5, 0.6) is 0 Å². The largest absolute Gasteiger partial charge is 0.314 e. The van der Waals surface area contributed by atoms with Gasteiger partial charge in [-0.05, 0) is 12.1 Å². The lowest BCUT2D eigenvalue weighted by Gasteiger charge is -2.26. The number of anilines is 1. The summed E-state index contributed by atoms with van der Waals surface area (Å²) in [5.41, 5.74) is 0.623. The highest BCUT2D eigenvalue weighted by Crippen LogP contribution is 2.08. The first kappa shape index (κ1) is 13.3. The SMILES string of the molecule is O=S(=O)(CCN1CCNCC1)Nc1ccccc1. The van der Waals surface area contributed by atoms with Crippen LogP contribution in [0.4, 0.5) is 5.69 Å². The van der Waals surface area contributed by atoms with E-state index in [-0.39, 0.29) is 5.75 Å². The molecular weight excluding hydrogens is 250 g/mol. The van der Waals surface area contributed by atoms with Gasteiger partial charge in [-0.15, -0.1) is 0 Å². The minimum atomic E-state index is -3.25. The van der Waals surface area contributed by atoms with Gasteiger partial charge in [-0.1, -0.05) is 18.2 Å². The molecular formula is C12H19N3O2S. The van der Waals surface area contributed by atoms with Gasteiger partial charge in [0.05, 0.1) is 5.75 Å². The molecule has 1 heterocycles. The fraction of sp³-hybridized carbons (Fsp3) is 0.500. The molecule has 6 heteroatoms. The fourth-order valence-electron chi connectivity index (χ4n) is 1.92. The van der Waals surface area contributed by atoms with E-state index >= 15 is 0 Å². The van der Waals surface area contributed by atoms with Crippen molar-refractivity contribution in [3.05, 3.63) is 30.3 Å². The molecule has 0 amide bonds. The third-order valence-corrected chi connectivity index (χ3v) is 4.20. The third kappa shape index (κ3) is 4.29. The highest BCUT2D eigenvalue weighted by molar-refractivity contribution is 7.92. The molecule has 1 aromatic rings. The van der Waals surface area contributed by atoms with Gasteiger partial charge >= 0.3 is 0 Å². The summed E-state index contributed by atoms with van der Waals surface area (Å²) >= 11 is 0. The lowest BCUT2D eigenvalue weighted by atomic mass is 10.3. The zero-order valence-electron chi connectivity index (χ0n) is 10.3. The summed E-state index contributed by atoms with van der Waals surface area (Å²) in [4.78, 5) is 2.17. The molecule has 1 aromatic carbocycles. The summed E-state index contributed by atoms with van der Waals surface area (Å²) in [6.07, 6.45) is 0. The number of hydrogen-bond acceptors (Lipinski definition) is 4. The second-order valence-corrected chi connectivity index (χ2v) is 6.22. The minimum absolute atomic E-state index is 0.141. The van der Waals surface area contributed by atoms with Crippen LogP contribution in [-0.4, -0.2) is 51.8 Å². The summed E-state index contributed by atoms with van der Waals surface area (Å²) in [6, 6.07) is 8.99. The van der Waals surface area contributed by atoms with E-state index in [2.05, 4.69) is 14.9 Å². The Hall–Kier alpha value is -1.11. The molecule has 2 N–H and O–H groups in total. The molecule has 0 saturated carbocycles. The molecule has 0 atom stereocenters. The smallest absolute Gasteiger partial charge is 0.233 e. The standard InChI is InChI=1S/C12H19N3O2S/c16-18(17,14-12-4-2-1-3-5-12)11-10-15-8-6-13-7-9-15/h1-5,13-14H,6-11H2. The zero-order chi connectivity index (χ0) is 12.8. The van der Waals surface area contributed by atoms with Crippen LogP contribution in [0.3, 0.4) is 0 Å². The van der Waals surface area contributed by atoms with Crippen molar-refractivity contribution in [1.29, 1.82) is 0 Å². The zero-order valence-corrected chi connectivity index (χ0v) is 11.1. The van der Waals surface area contributed by atoms with Crippen LogP contribution in [0.15, 0.2) is 30.3 Å². The molecule has 0 unspecified atom stereocenters. The van der Waals surface area contributed by atoms with E-state index in [0.29, 0.717) is 12.2 Å². The first-order chi connectivity index (χ1) is 8.66. The van der Waals surface area contributed by atoms with Gasteiger partial charge in [-0.3, -0.25) is 9.62 Å². The maximum Gasteiger partial charge on any atom is 0.233 e. The Labute approximate surface area is 108 Å². The maximum absolute atomic E-state index is 11.9. The molecule has 0 bridgehead atoms. The van der Waals surface area contributed by atoms with Gasteiger partial charge in [0, 0.05) is 38.4 Å². The van der Waals surface area contributed by atoms with Crippen molar-refractivity contribution in [3.63, 3.8) is 0 Å². The number of benzene rings is 1. The highest BCUT2D eigenvalue weighted by atomic mass is 32.2. The Balaban J connectivity index is 1.83. The summed E-state index contributed by atoms with van der Waals surface area (Å²) in [5.74, 6) is 0.141.